The quantitative estimate of drug-likeness (QED) is 0.835. The van der Waals surface area contributed by atoms with Crippen LogP contribution in [0.1, 0.15) is 31.9 Å². The SMILES string of the molecule is CCC(C)C(O)c1cc(OC)cc(OC)c1. The number of ether oxygens (including phenoxy) is 2. The van der Waals surface area contributed by atoms with Crippen LogP contribution in [0.5, 0.6) is 11.5 Å². The third-order valence-corrected chi connectivity index (χ3v) is 2.90. The van der Waals surface area contributed by atoms with Crippen molar-refractivity contribution in [3.8, 4) is 11.5 Å². The molecule has 0 aliphatic rings. The second-order valence-electron chi connectivity index (χ2n) is 3.98. The van der Waals surface area contributed by atoms with Crippen molar-refractivity contribution in [3.05, 3.63) is 23.8 Å². The molecule has 0 bridgehead atoms. The Labute approximate surface area is 97.0 Å². The van der Waals surface area contributed by atoms with Crippen LogP contribution in [0.4, 0.5) is 0 Å². The Kier molecular flexibility index (Phi) is 4.62. The molecule has 1 aromatic rings. The van der Waals surface area contributed by atoms with E-state index in [0.29, 0.717) is 11.5 Å². The fraction of sp³-hybridized carbons (Fsp3) is 0.538. The summed E-state index contributed by atoms with van der Waals surface area (Å²) in [6.45, 7) is 4.09. The van der Waals surface area contributed by atoms with Gasteiger partial charge in [0.25, 0.3) is 0 Å². The number of hydrogen-bond donors (Lipinski definition) is 1. The van der Waals surface area contributed by atoms with Crippen molar-refractivity contribution in [2.45, 2.75) is 26.4 Å². The number of aliphatic hydroxyl groups is 1. The van der Waals surface area contributed by atoms with Crippen molar-refractivity contribution in [2.24, 2.45) is 5.92 Å². The molecule has 3 heteroatoms. The molecule has 2 unspecified atom stereocenters. The number of hydrogen-bond acceptors (Lipinski definition) is 3. The van der Waals surface area contributed by atoms with E-state index in [-0.39, 0.29) is 5.92 Å². The molecule has 0 heterocycles. The molecule has 0 spiro atoms. The molecular weight excluding hydrogens is 204 g/mol. The molecule has 0 radical (unpaired) electrons. The number of methoxy groups -OCH3 is 2. The number of benzene rings is 1. The van der Waals surface area contributed by atoms with E-state index >= 15 is 0 Å². The molecule has 0 aliphatic carbocycles. The van der Waals surface area contributed by atoms with Gasteiger partial charge in [-0.3, -0.25) is 0 Å². The normalized spacial score (nSPS) is 14.3. The summed E-state index contributed by atoms with van der Waals surface area (Å²) in [6.07, 6.45) is 0.453. The van der Waals surface area contributed by atoms with Crippen LogP contribution in [0.15, 0.2) is 18.2 Å². The van der Waals surface area contributed by atoms with Crippen LogP contribution in [0.3, 0.4) is 0 Å². The molecule has 0 saturated carbocycles. The predicted octanol–water partition coefficient (Wildman–Crippen LogP) is 2.78. The standard InChI is InChI=1S/C13H20O3/c1-5-9(2)13(14)10-6-11(15-3)8-12(7-10)16-4/h6-9,13-14H,5H2,1-4H3. The summed E-state index contributed by atoms with van der Waals surface area (Å²) in [5.74, 6) is 1.63. The van der Waals surface area contributed by atoms with E-state index in [0.717, 1.165) is 12.0 Å². The average molecular weight is 224 g/mol. The van der Waals surface area contributed by atoms with Crippen LogP contribution in [0.2, 0.25) is 0 Å². The lowest BCUT2D eigenvalue weighted by atomic mass is 9.95. The van der Waals surface area contributed by atoms with Gasteiger partial charge in [0.1, 0.15) is 11.5 Å². The monoisotopic (exact) mass is 224 g/mol. The Morgan fingerprint density at radius 2 is 1.62 bits per heavy atom. The van der Waals surface area contributed by atoms with E-state index in [2.05, 4.69) is 6.92 Å². The van der Waals surface area contributed by atoms with Crippen molar-refractivity contribution in [3.63, 3.8) is 0 Å². The van der Waals surface area contributed by atoms with Gasteiger partial charge in [-0.25, -0.2) is 0 Å². The van der Waals surface area contributed by atoms with Gasteiger partial charge in [0, 0.05) is 6.07 Å². The smallest absolute Gasteiger partial charge is 0.122 e. The highest BCUT2D eigenvalue weighted by Gasteiger charge is 2.16. The van der Waals surface area contributed by atoms with Gasteiger partial charge in [0.2, 0.25) is 0 Å². The zero-order valence-corrected chi connectivity index (χ0v) is 10.4. The fourth-order valence-electron chi connectivity index (χ4n) is 1.55. The lowest BCUT2D eigenvalue weighted by molar-refractivity contribution is 0.115. The Morgan fingerprint density at radius 1 is 1.12 bits per heavy atom. The maximum absolute atomic E-state index is 10.1. The van der Waals surface area contributed by atoms with E-state index in [1.165, 1.54) is 0 Å². The first-order valence-corrected chi connectivity index (χ1v) is 5.53. The molecule has 1 aromatic carbocycles. The average Bonchev–Trinajstić information content (AvgIpc) is 2.35. The minimum Gasteiger partial charge on any atom is -0.497 e. The lowest BCUT2D eigenvalue weighted by Gasteiger charge is -2.18. The highest BCUT2D eigenvalue weighted by atomic mass is 16.5. The molecule has 90 valence electrons. The summed E-state index contributed by atoms with van der Waals surface area (Å²) in [5, 5.41) is 10.1. The molecule has 16 heavy (non-hydrogen) atoms. The molecule has 0 aliphatic heterocycles. The summed E-state index contributed by atoms with van der Waals surface area (Å²) < 4.78 is 10.3. The van der Waals surface area contributed by atoms with Gasteiger partial charge in [0.05, 0.1) is 20.3 Å². The summed E-state index contributed by atoms with van der Waals surface area (Å²) in [5.41, 5.74) is 0.838. The topological polar surface area (TPSA) is 38.7 Å². The Balaban J connectivity index is 3.02. The van der Waals surface area contributed by atoms with Gasteiger partial charge < -0.3 is 14.6 Å². The summed E-state index contributed by atoms with van der Waals surface area (Å²) in [7, 11) is 3.21. The number of aliphatic hydroxyl groups excluding tert-OH is 1. The van der Waals surface area contributed by atoms with Gasteiger partial charge >= 0.3 is 0 Å². The van der Waals surface area contributed by atoms with Crippen molar-refractivity contribution in [1.29, 1.82) is 0 Å². The van der Waals surface area contributed by atoms with Gasteiger partial charge in [-0.05, 0) is 23.6 Å². The van der Waals surface area contributed by atoms with Crippen LogP contribution < -0.4 is 9.47 Å². The molecule has 0 fully saturated rings. The van der Waals surface area contributed by atoms with Crippen LogP contribution >= 0.6 is 0 Å². The maximum atomic E-state index is 10.1. The van der Waals surface area contributed by atoms with E-state index < -0.39 is 6.10 Å². The first-order valence-electron chi connectivity index (χ1n) is 5.53. The Hall–Kier alpha value is -1.22. The molecule has 2 atom stereocenters. The maximum Gasteiger partial charge on any atom is 0.122 e. The first kappa shape index (κ1) is 12.8. The summed E-state index contributed by atoms with van der Waals surface area (Å²) >= 11 is 0. The van der Waals surface area contributed by atoms with Gasteiger partial charge in [-0.2, -0.15) is 0 Å². The minimum atomic E-state index is -0.478. The number of rotatable bonds is 5. The highest BCUT2D eigenvalue weighted by molar-refractivity contribution is 5.39. The summed E-state index contributed by atoms with van der Waals surface area (Å²) in [6, 6.07) is 5.49. The third-order valence-electron chi connectivity index (χ3n) is 2.90. The van der Waals surface area contributed by atoms with Gasteiger partial charge in [0.15, 0.2) is 0 Å². The molecule has 1 rings (SSSR count). The van der Waals surface area contributed by atoms with Crippen molar-refractivity contribution in [1.82, 2.24) is 0 Å². The van der Waals surface area contributed by atoms with Crippen LogP contribution in [-0.4, -0.2) is 19.3 Å². The van der Waals surface area contributed by atoms with E-state index in [4.69, 9.17) is 9.47 Å². The van der Waals surface area contributed by atoms with E-state index in [1.807, 2.05) is 19.1 Å². The summed E-state index contributed by atoms with van der Waals surface area (Å²) in [4.78, 5) is 0. The fourth-order valence-corrected chi connectivity index (χ4v) is 1.55. The highest BCUT2D eigenvalue weighted by Crippen LogP contribution is 2.30. The van der Waals surface area contributed by atoms with Gasteiger partial charge in [-0.1, -0.05) is 20.3 Å². The molecule has 0 aromatic heterocycles. The van der Waals surface area contributed by atoms with Crippen molar-refractivity contribution < 1.29 is 14.6 Å². The predicted molar refractivity (Wildman–Crippen MR) is 64.0 cm³/mol. The minimum absolute atomic E-state index is 0.219. The molecule has 0 saturated heterocycles. The van der Waals surface area contributed by atoms with Crippen LogP contribution in [0.25, 0.3) is 0 Å². The van der Waals surface area contributed by atoms with E-state index in [9.17, 15) is 5.11 Å². The van der Waals surface area contributed by atoms with Crippen molar-refractivity contribution >= 4 is 0 Å². The molecule has 1 N–H and O–H groups in total. The lowest BCUT2D eigenvalue weighted by Crippen LogP contribution is -2.08. The third kappa shape index (κ3) is 2.89. The van der Waals surface area contributed by atoms with Crippen molar-refractivity contribution in [2.75, 3.05) is 14.2 Å². The Bertz CT molecular complexity index is 314. The Morgan fingerprint density at radius 3 is 2.00 bits per heavy atom. The molecule has 0 amide bonds. The second-order valence-corrected chi connectivity index (χ2v) is 3.98. The molecule has 3 nitrogen and oxygen atoms in total. The molecular formula is C13H20O3. The van der Waals surface area contributed by atoms with Crippen LogP contribution in [0, 0.1) is 5.92 Å². The van der Waals surface area contributed by atoms with Crippen LogP contribution in [-0.2, 0) is 0 Å². The zero-order chi connectivity index (χ0) is 12.1. The van der Waals surface area contributed by atoms with E-state index in [1.54, 1.807) is 20.3 Å². The van der Waals surface area contributed by atoms with Gasteiger partial charge in [-0.15, -0.1) is 0 Å². The largest absolute Gasteiger partial charge is 0.497 e. The zero-order valence-electron chi connectivity index (χ0n) is 10.4. The second kappa shape index (κ2) is 5.75. The first-order chi connectivity index (χ1) is 7.62.